The Hall–Kier alpha value is -0.000000000000000153. The van der Waals surface area contributed by atoms with Gasteiger partial charge in [0.1, 0.15) is 0 Å². The molecule has 0 aromatic rings. The maximum atomic E-state index is 11.1. The van der Waals surface area contributed by atoms with E-state index in [0.29, 0.717) is 0 Å². The summed E-state index contributed by atoms with van der Waals surface area (Å²) in [4.78, 5) is 11.1. The van der Waals surface area contributed by atoms with Crippen molar-refractivity contribution in [3.8, 4) is 0 Å². The third-order valence-corrected chi connectivity index (χ3v) is 3.14. The molecule has 0 aliphatic carbocycles. The third kappa shape index (κ3) is 0.963. The molecule has 1 rings (SSSR count). The Bertz CT molecular complexity index is 238. The first-order chi connectivity index (χ1) is 5.13. The van der Waals surface area contributed by atoms with Crippen molar-refractivity contribution in [3.63, 3.8) is 0 Å². The van der Waals surface area contributed by atoms with Gasteiger partial charge >= 0.3 is 5.97 Å². The summed E-state index contributed by atoms with van der Waals surface area (Å²) in [5.74, 6) is -2.75. The minimum atomic E-state index is -1.93. The molecular weight excluding hydrogens is 277 g/mol. The van der Waals surface area contributed by atoms with Crippen LogP contribution in [0.25, 0.3) is 0 Å². The van der Waals surface area contributed by atoms with Gasteiger partial charge in [-0.25, -0.2) is 4.79 Å². The molecule has 1 fully saturated rings. The van der Waals surface area contributed by atoms with Gasteiger partial charge in [0.15, 0.2) is 5.66 Å². The summed E-state index contributed by atoms with van der Waals surface area (Å²) in [6.07, 6.45) is 0. The Labute approximate surface area is 82.1 Å². The van der Waals surface area contributed by atoms with Crippen LogP contribution in [0.15, 0.2) is 0 Å². The zero-order valence-corrected chi connectivity index (χ0v) is 8.24. The van der Waals surface area contributed by atoms with E-state index in [9.17, 15) is 4.79 Å². The standard InChI is InChI=1S/C4H10IN5O2/c5-2(6)1(11)12-4(9,10)3(2,7)8/h6-10H2/t2-/m1/s1. The lowest BCUT2D eigenvalue weighted by Crippen LogP contribution is -2.81. The molecule has 1 saturated heterocycles. The third-order valence-electron chi connectivity index (χ3n) is 1.81. The van der Waals surface area contributed by atoms with Gasteiger partial charge in [0, 0.05) is 0 Å². The fourth-order valence-corrected chi connectivity index (χ4v) is 1.30. The topological polar surface area (TPSA) is 156 Å². The predicted octanol–water partition coefficient (Wildman–Crippen LogP) is -3.18. The molecule has 0 saturated carbocycles. The van der Waals surface area contributed by atoms with Crippen LogP contribution in [-0.2, 0) is 9.53 Å². The summed E-state index contributed by atoms with van der Waals surface area (Å²) < 4.78 is 2.91. The van der Waals surface area contributed by atoms with Gasteiger partial charge in [0.05, 0.1) is 0 Å². The maximum Gasteiger partial charge on any atom is 0.342 e. The Kier molecular flexibility index (Phi) is 1.91. The first-order valence-electron chi connectivity index (χ1n) is 2.99. The number of rotatable bonds is 0. The first kappa shape index (κ1) is 10.1. The monoisotopic (exact) mass is 287 g/mol. The molecule has 0 spiro atoms. The van der Waals surface area contributed by atoms with Crippen LogP contribution in [0.2, 0.25) is 0 Å². The summed E-state index contributed by atoms with van der Waals surface area (Å²) in [7, 11) is 0. The molecule has 1 aliphatic heterocycles. The van der Waals surface area contributed by atoms with Gasteiger partial charge in [-0.2, -0.15) is 0 Å². The van der Waals surface area contributed by atoms with Gasteiger partial charge in [-0.3, -0.25) is 11.5 Å². The first-order valence-corrected chi connectivity index (χ1v) is 4.07. The van der Waals surface area contributed by atoms with Crippen LogP contribution in [0, 0.1) is 0 Å². The molecule has 1 atom stereocenters. The van der Waals surface area contributed by atoms with E-state index < -0.39 is 21.0 Å². The minimum absolute atomic E-state index is 0.821. The van der Waals surface area contributed by atoms with E-state index in [1.165, 1.54) is 0 Å². The van der Waals surface area contributed by atoms with E-state index >= 15 is 0 Å². The molecule has 0 radical (unpaired) electrons. The lowest BCUT2D eigenvalue weighted by Gasteiger charge is -2.34. The van der Waals surface area contributed by atoms with Gasteiger partial charge in [-0.05, 0) is 22.6 Å². The zero-order valence-electron chi connectivity index (χ0n) is 6.08. The van der Waals surface area contributed by atoms with Gasteiger partial charge in [-0.1, -0.05) is 0 Å². The summed E-state index contributed by atoms with van der Waals surface area (Å²) in [6, 6.07) is 0. The number of ether oxygens (including phenoxy) is 1. The highest BCUT2D eigenvalue weighted by atomic mass is 127. The maximum absolute atomic E-state index is 11.1. The molecule has 7 nitrogen and oxygen atoms in total. The average molecular weight is 287 g/mol. The number of cyclic esters (lactones) is 1. The van der Waals surface area contributed by atoms with Crippen LogP contribution in [0.5, 0.6) is 0 Å². The largest absolute Gasteiger partial charge is 0.425 e. The smallest absolute Gasteiger partial charge is 0.342 e. The van der Waals surface area contributed by atoms with Gasteiger partial charge in [0.2, 0.25) is 3.55 Å². The lowest BCUT2D eigenvalue weighted by molar-refractivity contribution is -0.149. The second-order valence-electron chi connectivity index (χ2n) is 2.76. The molecule has 70 valence electrons. The second kappa shape index (κ2) is 2.27. The Balaban J connectivity index is 3.19. The molecule has 10 N–H and O–H groups in total. The zero-order chi connectivity index (χ0) is 9.78. The van der Waals surface area contributed by atoms with Crippen molar-refractivity contribution < 1.29 is 9.53 Å². The number of halogens is 1. The number of carbonyl (C=O) groups excluding carboxylic acids is 1. The van der Waals surface area contributed by atoms with E-state index in [2.05, 4.69) is 4.74 Å². The van der Waals surface area contributed by atoms with Crippen molar-refractivity contribution in [2.24, 2.45) is 28.7 Å². The van der Waals surface area contributed by atoms with Crippen LogP contribution in [0.4, 0.5) is 0 Å². The normalized spacial score (nSPS) is 38.0. The average Bonchev–Trinajstić information content (AvgIpc) is 1.92. The predicted molar refractivity (Wildman–Crippen MR) is 49.2 cm³/mol. The summed E-state index contributed by atoms with van der Waals surface area (Å²) >= 11 is 1.55. The Morgan fingerprint density at radius 3 is 1.67 bits per heavy atom. The fraction of sp³-hybridized carbons (Fsp3) is 0.750. The van der Waals surface area contributed by atoms with Crippen molar-refractivity contribution >= 4 is 28.6 Å². The highest BCUT2D eigenvalue weighted by molar-refractivity contribution is 14.1. The molecule has 0 aromatic heterocycles. The number of hydrogen-bond donors (Lipinski definition) is 5. The molecule has 0 unspecified atom stereocenters. The lowest BCUT2D eigenvalue weighted by atomic mass is 10.0. The molecule has 1 heterocycles. The SMILES string of the molecule is NC1(N)OC(=O)[C@](N)(I)C1(N)N. The number of nitrogens with two attached hydrogens (primary N) is 5. The molecule has 0 bridgehead atoms. The number of carbonyl (C=O) groups is 1. The van der Waals surface area contributed by atoms with Gasteiger partial charge < -0.3 is 21.9 Å². The summed E-state index contributed by atoms with van der Waals surface area (Å²) in [6.45, 7) is 0. The second-order valence-corrected chi connectivity index (χ2v) is 4.46. The molecule has 1 aliphatic rings. The van der Waals surface area contributed by atoms with Crippen molar-refractivity contribution in [3.05, 3.63) is 0 Å². The van der Waals surface area contributed by atoms with Crippen LogP contribution >= 0.6 is 22.6 Å². The molecule has 12 heavy (non-hydrogen) atoms. The Morgan fingerprint density at radius 2 is 1.58 bits per heavy atom. The minimum Gasteiger partial charge on any atom is -0.425 e. The van der Waals surface area contributed by atoms with Crippen LogP contribution in [0.3, 0.4) is 0 Å². The van der Waals surface area contributed by atoms with Crippen LogP contribution in [0.1, 0.15) is 0 Å². The van der Waals surface area contributed by atoms with E-state index in [-0.39, 0.29) is 0 Å². The quantitative estimate of drug-likeness (QED) is 0.103. The van der Waals surface area contributed by atoms with Gasteiger partial charge in [-0.15, -0.1) is 0 Å². The van der Waals surface area contributed by atoms with Gasteiger partial charge in [0.25, 0.3) is 5.85 Å². The van der Waals surface area contributed by atoms with Crippen molar-refractivity contribution in [1.29, 1.82) is 0 Å². The fourth-order valence-electron chi connectivity index (χ4n) is 0.765. The number of alkyl halides is 1. The van der Waals surface area contributed by atoms with Crippen molar-refractivity contribution in [2.75, 3.05) is 0 Å². The highest BCUT2D eigenvalue weighted by Crippen LogP contribution is 2.35. The van der Waals surface area contributed by atoms with E-state index in [1.807, 2.05) is 0 Å². The van der Waals surface area contributed by atoms with Crippen LogP contribution < -0.4 is 28.7 Å². The molecular formula is C4H10IN5O2. The summed E-state index contributed by atoms with van der Waals surface area (Å²) in [5.41, 5.74) is 25.3. The molecule has 8 heteroatoms. The Morgan fingerprint density at radius 1 is 1.17 bits per heavy atom. The summed E-state index contributed by atoms with van der Waals surface area (Å²) in [5, 5.41) is 0. The van der Waals surface area contributed by atoms with E-state index in [0.717, 1.165) is 0 Å². The number of esters is 1. The molecule has 0 aromatic carbocycles. The van der Waals surface area contributed by atoms with Crippen molar-refractivity contribution in [2.45, 2.75) is 15.1 Å². The molecule has 0 amide bonds. The van der Waals surface area contributed by atoms with Crippen LogP contribution in [-0.4, -0.2) is 21.0 Å². The highest BCUT2D eigenvalue weighted by Gasteiger charge is 2.67. The van der Waals surface area contributed by atoms with E-state index in [1.54, 1.807) is 22.6 Å². The van der Waals surface area contributed by atoms with E-state index in [4.69, 9.17) is 28.7 Å². The number of hydrogen-bond acceptors (Lipinski definition) is 7. The van der Waals surface area contributed by atoms with Crippen molar-refractivity contribution in [1.82, 2.24) is 0 Å².